The van der Waals surface area contributed by atoms with Gasteiger partial charge in [0.15, 0.2) is 11.5 Å². The highest BCUT2D eigenvalue weighted by Gasteiger charge is 2.13. The predicted octanol–water partition coefficient (Wildman–Crippen LogP) is 4.73. The summed E-state index contributed by atoms with van der Waals surface area (Å²) in [6.07, 6.45) is 1.63. The molecule has 0 aromatic heterocycles. The van der Waals surface area contributed by atoms with Gasteiger partial charge in [-0.25, -0.2) is 9.59 Å². The normalized spacial score (nSPS) is 10.8. The van der Waals surface area contributed by atoms with E-state index in [0.717, 1.165) is 0 Å². The van der Waals surface area contributed by atoms with Crippen molar-refractivity contribution in [3.8, 4) is 17.6 Å². The van der Waals surface area contributed by atoms with Crippen LogP contribution >= 0.6 is 0 Å². The molecule has 0 heterocycles. The molecular weight excluding hydrogens is 410 g/mol. The number of aromatic carboxylic acids is 2. The van der Waals surface area contributed by atoms with Gasteiger partial charge < -0.3 is 19.7 Å². The molecule has 160 valence electrons. The van der Waals surface area contributed by atoms with E-state index in [4.69, 9.17) is 14.6 Å². The van der Waals surface area contributed by atoms with Crippen LogP contribution in [-0.2, 0) is 6.61 Å². The summed E-state index contributed by atoms with van der Waals surface area (Å²) in [7, 11) is 1.50. The van der Waals surface area contributed by atoms with Crippen molar-refractivity contribution in [2.45, 2.75) is 6.61 Å². The van der Waals surface area contributed by atoms with E-state index in [1.165, 1.54) is 31.4 Å². The molecule has 0 amide bonds. The van der Waals surface area contributed by atoms with Crippen molar-refractivity contribution < 1.29 is 29.3 Å². The van der Waals surface area contributed by atoms with Gasteiger partial charge in [0.25, 0.3) is 0 Å². The molecule has 0 radical (unpaired) electrons. The topological polar surface area (TPSA) is 117 Å². The number of nitrogens with zero attached hydrogens (tertiary/aromatic N) is 1. The van der Waals surface area contributed by atoms with Gasteiger partial charge in [-0.15, -0.1) is 0 Å². The first-order valence-corrected chi connectivity index (χ1v) is 9.50. The summed E-state index contributed by atoms with van der Waals surface area (Å²) in [5, 5.41) is 27.9. The quantitative estimate of drug-likeness (QED) is 0.392. The average molecular weight is 429 g/mol. The fourth-order valence-electron chi connectivity index (χ4n) is 3.04. The lowest BCUT2D eigenvalue weighted by molar-refractivity contribution is 0.0686. The maximum absolute atomic E-state index is 11.2. The van der Waals surface area contributed by atoms with Crippen molar-refractivity contribution in [2.24, 2.45) is 0 Å². The summed E-state index contributed by atoms with van der Waals surface area (Å²) < 4.78 is 11.4. The van der Waals surface area contributed by atoms with E-state index < -0.39 is 11.9 Å². The molecule has 32 heavy (non-hydrogen) atoms. The van der Waals surface area contributed by atoms with Crippen LogP contribution in [0.15, 0.2) is 66.7 Å². The van der Waals surface area contributed by atoms with E-state index in [0.29, 0.717) is 33.8 Å². The minimum atomic E-state index is -1.05. The SMILES string of the molecule is COc1cccc(/C=C(/C#N)c2ccc(C(=O)O)cc2)c1OCc1cccc(C(=O)O)c1. The second-order valence-electron chi connectivity index (χ2n) is 6.73. The van der Waals surface area contributed by atoms with Crippen LogP contribution in [0.3, 0.4) is 0 Å². The van der Waals surface area contributed by atoms with Crippen molar-refractivity contribution in [3.63, 3.8) is 0 Å². The van der Waals surface area contributed by atoms with Crippen LogP contribution in [0.1, 0.15) is 37.4 Å². The standard InChI is InChI=1S/C25H19NO6/c1-31-22-7-3-5-19(13-21(14-26)17-8-10-18(11-9-17)24(27)28)23(22)32-15-16-4-2-6-20(12-16)25(29)30/h2-13H,15H2,1H3,(H,27,28)(H,29,30)/b21-13-. The number of carboxylic acid groups (broad SMARTS) is 2. The predicted molar refractivity (Wildman–Crippen MR) is 118 cm³/mol. The van der Waals surface area contributed by atoms with Crippen LogP contribution in [0.4, 0.5) is 0 Å². The molecule has 0 fully saturated rings. The number of para-hydroxylation sites is 1. The molecule has 3 aromatic carbocycles. The number of hydrogen-bond acceptors (Lipinski definition) is 5. The fraction of sp³-hybridized carbons (Fsp3) is 0.0800. The number of nitriles is 1. The van der Waals surface area contributed by atoms with Gasteiger partial charge in [0.05, 0.1) is 29.9 Å². The van der Waals surface area contributed by atoms with Crippen LogP contribution < -0.4 is 9.47 Å². The molecule has 0 aliphatic heterocycles. The smallest absolute Gasteiger partial charge is 0.335 e. The third kappa shape index (κ3) is 5.12. The highest BCUT2D eigenvalue weighted by Crippen LogP contribution is 2.34. The monoisotopic (exact) mass is 429 g/mol. The first-order chi connectivity index (χ1) is 15.4. The molecule has 0 spiro atoms. The summed E-state index contributed by atoms with van der Waals surface area (Å²) in [5.74, 6) is -1.23. The van der Waals surface area contributed by atoms with Gasteiger partial charge in [-0.05, 0) is 47.5 Å². The van der Waals surface area contributed by atoms with Gasteiger partial charge in [-0.3, -0.25) is 0 Å². The minimum absolute atomic E-state index is 0.0948. The second-order valence-corrected chi connectivity index (χ2v) is 6.73. The zero-order valence-electron chi connectivity index (χ0n) is 17.1. The van der Waals surface area contributed by atoms with E-state index in [-0.39, 0.29) is 17.7 Å². The summed E-state index contributed by atoms with van der Waals surface area (Å²) in [4.78, 5) is 22.3. The molecule has 0 saturated heterocycles. The fourth-order valence-corrected chi connectivity index (χ4v) is 3.04. The van der Waals surface area contributed by atoms with Crippen LogP contribution in [0.2, 0.25) is 0 Å². The molecule has 0 aliphatic rings. The summed E-state index contributed by atoms with van der Waals surface area (Å²) in [6, 6.07) is 19.8. The first-order valence-electron chi connectivity index (χ1n) is 9.50. The summed E-state index contributed by atoms with van der Waals surface area (Å²) in [6.45, 7) is 0.0948. The largest absolute Gasteiger partial charge is 0.493 e. The van der Waals surface area contributed by atoms with Gasteiger partial charge >= 0.3 is 11.9 Å². The number of carboxylic acids is 2. The molecule has 0 atom stereocenters. The Bertz CT molecular complexity index is 1220. The Labute approximate surface area is 184 Å². The highest BCUT2D eigenvalue weighted by molar-refractivity contribution is 5.93. The van der Waals surface area contributed by atoms with Crippen LogP contribution in [-0.4, -0.2) is 29.3 Å². The van der Waals surface area contributed by atoms with Crippen molar-refractivity contribution >= 4 is 23.6 Å². The molecule has 7 nitrogen and oxygen atoms in total. The highest BCUT2D eigenvalue weighted by atomic mass is 16.5. The first kappa shape index (κ1) is 22.1. The molecule has 2 N–H and O–H groups in total. The Morgan fingerprint density at radius 1 is 0.938 bits per heavy atom. The number of benzene rings is 3. The Hall–Kier alpha value is -4.57. The van der Waals surface area contributed by atoms with Gasteiger partial charge in [-0.2, -0.15) is 5.26 Å². The Balaban J connectivity index is 1.94. The number of rotatable bonds is 8. The molecule has 0 aliphatic carbocycles. The van der Waals surface area contributed by atoms with E-state index in [1.807, 2.05) is 0 Å². The van der Waals surface area contributed by atoms with Crippen LogP contribution in [0.5, 0.6) is 11.5 Å². The number of hydrogen-bond donors (Lipinski definition) is 2. The zero-order valence-corrected chi connectivity index (χ0v) is 17.1. The van der Waals surface area contributed by atoms with E-state index in [9.17, 15) is 20.0 Å². The van der Waals surface area contributed by atoms with Crippen molar-refractivity contribution in [2.75, 3.05) is 7.11 Å². The molecule has 3 aromatic rings. The van der Waals surface area contributed by atoms with Gasteiger partial charge in [0.2, 0.25) is 0 Å². The minimum Gasteiger partial charge on any atom is -0.493 e. The summed E-state index contributed by atoms with van der Waals surface area (Å²) in [5.41, 5.74) is 2.39. The Morgan fingerprint density at radius 2 is 1.59 bits per heavy atom. The molecule has 0 unspecified atom stereocenters. The third-order valence-corrected chi connectivity index (χ3v) is 4.65. The lowest BCUT2D eigenvalue weighted by Crippen LogP contribution is -2.02. The Morgan fingerprint density at radius 3 is 2.22 bits per heavy atom. The van der Waals surface area contributed by atoms with E-state index in [1.54, 1.807) is 48.5 Å². The average Bonchev–Trinajstić information content (AvgIpc) is 2.81. The number of carbonyl (C=O) groups is 2. The molecule has 0 saturated carbocycles. The van der Waals surface area contributed by atoms with Crippen LogP contribution in [0.25, 0.3) is 11.6 Å². The maximum atomic E-state index is 11.2. The lowest BCUT2D eigenvalue weighted by Gasteiger charge is -2.14. The van der Waals surface area contributed by atoms with Crippen molar-refractivity contribution in [3.05, 3.63) is 94.5 Å². The number of ether oxygens (including phenoxy) is 2. The summed E-state index contributed by atoms with van der Waals surface area (Å²) >= 11 is 0. The van der Waals surface area contributed by atoms with Crippen LogP contribution in [0, 0.1) is 11.3 Å². The van der Waals surface area contributed by atoms with Crippen molar-refractivity contribution in [1.29, 1.82) is 5.26 Å². The third-order valence-electron chi connectivity index (χ3n) is 4.65. The number of allylic oxidation sites excluding steroid dienone is 1. The molecular formula is C25H19NO6. The van der Waals surface area contributed by atoms with Crippen molar-refractivity contribution in [1.82, 2.24) is 0 Å². The van der Waals surface area contributed by atoms with Gasteiger partial charge in [-0.1, -0.05) is 36.4 Å². The lowest BCUT2D eigenvalue weighted by atomic mass is 10.0. The van der Waals surface area contributed by atoms with Gasteiger partial charge in [0, 0.05) is 5.56 Å². The number of methoxy groups -OCH3 is 1. The molecule has 3 rings (SSSR count). The zero-order chi connectivity index (χ0) is 23.1. The molecule has 0 bridgehead atoms. The maximum Gasteiger partial charge on any atom is 0.335 e. The van der Waals surface area contributed by atoms with E-state index >= 15 is 0 Å². The molecule has 7 heteroatoms. The Kier molecular flexibility index (Phi) is 6.88. The second kappa shape index (κ2) is 9.96. The van der Waals surface area contributed by atoms with E-state index in [2.05, 4.69) is 6.07 Å². The van der Waals surface area contributed by atoms with Gasteiger partial charge in [0.1, 0.15) is 6.61 Å².